The van der Waals surface area contributed by atoms with Crippen molar-refractivity contribution in [2.45, 2.75) is 45.7 Å². The molecule has 0 aromatic heterocycles. The first-order valence-corrected chi connectivity index (χ1v) is 14.9. The number of benzene rings is 2. The molecule has 2 aromatic rings. The van der Waals surface area contributed by atoms with E-state index in [0.29, 0.717) is 29.4 Å². The van der Waals surface area contributed by atoms with Crippen molar-refractivity contribution in [3.63, 3.8) is 0 Å². The number of ether oxygens (including phenoxy) is 6. The Labute approximate surface area is 261 Å². The van der Waals surface area contributed by atoms with Crippen molar-refractivity contribution in [1.29, 1.82) is 0 Å². The highest BCUT2D eigenvalue weighted by molar-refractivity contribution is 9.11. The van der Waals surface area contributed by atoms with Crippen LogP contribution in [-0.2, 0) is 18.9 Å². The molecular formula is C27H28Br4O8. The van der Waals surface area contributed by atoms with Crippen LogP contribution in [0, 0.1) is 0 Å². The SMILES string of the molecule is C=CCOC(=O)OC(C)Oc1c(Br)cc(C(CC)c2cc(Br)c(OC(C)OC(=O)OCC=C)c(Br)c2)cc1Br. The Morgan fingerprint density at radius 1 is 0.744 bits per heavy atom. The van der Waals surface area contributed by atoms with Crippen molar-refractivity contribution in [3.05, 3.63) is 78.6 Å². The van der Waals surface area contributed by atoms with Crippen LogP contribution in [0.2, 0.25) is 0 Å². The van der Waals surface area contributed by atoms with Crippen LogP contribution in [0.15, 0.2) is 67.5 Å². The van der Waals surface area contributed by atoms with Gasteiger partial charge in [0.05, 0.1) is 17.9 Å². The van der Waals surface area contributed by atoms with Crippen molar-refractivity contribution in [2.24, 2.45) is 0 Å². The third-order valence-electron chi connectivity index (χ3n) is 4.98. The molecule has 212 valence electrons. The lowest BCUT2D eigenvalue weighted by molar-refractivity contribution is -0.0521. The maximum atomic E-state index is 11.7. The molecule has 0 heterocycles. The van der Waals surface area contributed by atoms with Crippen LogP contribution in [0.25, 0.3) is 0 Å². The van der Waals surface area contributed by atoms with Gasteiger partial charge in [0.15, 0.2) is 11.5 Å². The minimum atomic E-state index is -0.891. The quantitative estimate of drug-likeness (QED) is 0.113. The topological polar surface area (TPSA) is 89.5 Å². The molecule has 39 heavy (non-hydrogen) atoms. The Kier molecular flexibility index (Phi) is 13.9. The van der Waals surface area contributed by atoms with E-state index in [9.17, 15) is 9.59 Å². The highest BCUT2D eigenvalue weighted by Crippen LogP contribution is 2.43. The third-order valence-corrected chi connectivity index (χ3v) is 7.34. The van der Waals surface area contributed by atoms with E-state index in [0.717, 1.165) is 17.5 Å². The molecule has 0 radical (unpaired) electrons. The summed E-state index contributed by atoms with van der Waals surface area (Å²) in [5.74, 6) is 0.965. The molecule has 0 saturated carbocycles. The van der Waals surface area contributed by atoms with Crippen LogP contribution < -0.4 is 9.47 Å². The summed E-state index contributed by atoms with van der Waals surface area (Å²) in [6, 6.07) is 7.81. The molecule has 0 aliphatic carbocycles. The van der Waals surface area contributed by atoms with Crippen molar-refractivity contribution in [3.8, 4) is 11.5 Å². The van der Waals surface area contributed by atoms with Gasteiger partial charge < -0.3 is 28.4 Å². The summed E-state index contributed by atoms with van der Waals surface area (Å²) in [7, 11) is 0. The monoisotopic (exact) mass is 796 g/mol. The van der Waals surface area contributed by atoms with Crippen LogP contribution in [0.3, 0.4) is 0 Å². The number of hydrogen-bond acceptors (Lipinski definition) is 8. The lowest BCUT2D eigenvalue weighted by atomic mass is 9.89. The average molecular weight is 800 g/mol. The minimum Gasteiger partial charge on any atom is -0.453 e. The van der Waals surface area contributed by atoms with E-state index in [1.54, 1.807) is 13.8 Å². The average Bonchev–Trinajstić information content (AvgIpc) is 2.86. The van der Waals surface area contributed by atoms with Gasteiger partial charge in [0.25, 0.3) is 0 Å². The molecule has 0 N–H and O–H groups in total. The van der Waals surface area contributed by atoms with Gasteiger partial charge in [-0.1, -0.05) is 32.2 Å². The zero-order chi connectivity index (χ0) is 29.1. The normalized spacial score (nSPS) is 12.9. The molecule has 0 bridgehead atoms. The first-order valence-electron chi connectivity index (χ1n) is 11.7. The second-order valence-electron chi connectivity index (χ2n) is 7.89. The van der Waals surface area contributed by atoms with Crippen LogP contribution >= 0.6 is 63.7 Å². The van der Waals surface area contributed by atoms with Gasteiger partial charge in [0.2, 0.25) is 12.6 Å². The molecule has 0 aliphatic rings. The molecule has 12 heteroatoms. The Morgan fingerprint density at radius 2 is 1.08 bits per heavy atom. The van der Waals surface area contributed by atoms with Crippen LogP contribution in [-0.4, -0.2) is 38.1 Å². The van der Waals surface area contributed by atoms with E-state index >= 15 is 0 Å². The van der Waals surface area contributed by atoms with E-state index in [2.05, 4.69) is 83.8 Å². The first kappa shape index (κ1) is 33.2. The van der Waals surface area contributed by atoms with E-state index in [1.807, 2.05) is 24.3 Å². The highest BCUT2D eigenvalue weighted by atomic mass is 79.9. The van der Waals surface area contributed by atoms with Gasteiger partial charge in [0, 0.05) is 19.8 Å². The molecule has 2 rings (SSSR count). The zero-order valence-corrected chi connectivity index (χ0v) is 27.9. The Morgan fingerprint density at radius 3 is 1.36 bits per heavy atom. The lowest BCUT2D eigenvalue weighted by Gasteiger charge is -2.22. The fraction of sp³-hybridized carbons (Fsp3) is 0.333. The second kappa shape index (κ2) is 16.3. The van der Waals surface area contributed by atoms with E-state index < -0.39 is 24.9 Å². The maximum Gasteiger partial charge on any atom is 0.511 e. The summed E-state index contributed by atoms with van der Waals surface area (Å²) in [4.78, 5) is 23.4. The molecule has 0 spiro atoms. The summed E-state index contributed by atoms with van der Waals surface area (Å²) in [5.41, 5.74) is 2.02. The molecule has 0 amide bonds. The van der Waals surface area contributed by atoms with E-state index in [1.165, 1.54) is 12.2 Å². The fourth-order valence-corrected chi connectivity index (χ4v) is 6.24. The molecule has 0 fully saturated rings. The summed E-state index contributed by atoms with van der Waals surface area (Å²) in [6.45, 7) is 12.3. The van der Waals surface area contributed by atoms with E-state index in [4.69, 9.17) is 28.4 Å². The first-order chi connectivity index (χ1) is 18.5. The molecule has 0 saturated heterocycles. The molecule has 0 aliphatic heterocycles. The van der Waals surface area contributed by atoms with Gasteiger partial charge >= 0.3 is 12.3 Å². The number of hydrogen-bond donors (Lipinski definition) is 0. The molecule has 2 atom stereocenters. The van der Waals surface area contributed by atoms with Gasteiger partial charge in [0.1, 0.15) is 13.2 Å². The van der Waals surface area contributed by atoms with Crippen molar-refractivity contribution in [2.75, 3.05) is 13.2 Å². The standard InChI is InChI=1S/C27H28Br4O8/c1-6-9-34-26(32)38-15(4)36-24-20(28)11-17(12-21(24)29)19(8-3)18-13-22(30)25(23(31)14-18)37-16(5)39-27(33)35-10-7-2/h6-7,11-16,19H,1-2,8-10H2,3-5H3. The highest BCUT2D eigenvalue weighted by Gasteiger charge is 2.22. The third kappa shape index (κ3) is 10.1. The fourth-order valence-electron chi connectivity index (χ4n) is 3.42. The summed E-state index contributed by atoms with van der Waals surface area (Å²) < 4.78 is 34.2. The Balaban J connectivity index is 2.22. The number of carbonyl (C=O) groups excluding carboxylic acids is 2. The van der Waals surface area contributed by atoms with Crippen LogP contribution in [0.4, 0.5) is 9.59 Å². The minimum absolute atomic E-state index is 0.0124. The zero-order valence-electron chi connectivity index (χ0n) is 21.5. The summed E-state index contributed by atoms with van der Waals surface area (Å²) >= 11 is 14.3. The van der Waals surface area contributed by atoms with Gasteiger partial charge in [-0.2, -0.15) is 0 Å². The van der Waals surface area contributed by atoms with Crippen molar-refractivity contribution >= 4 is 76.0 Å². The summed E-state index contributed by atoms with van der Waals surface area (Å²) in [5, 5.41) is 0. The van der Waals surface area contributed by atoms with Gasteiger partial charge in [-0.15, -0.1) is 0 Å². The Bertz CT molecular complexity index is 1050. The molecular weight excluding hydrogens is 772 g/mol. The molecule has 2 unspecified atom stereocenters. The van der Waals surface area contributed by atoms with Crippen LogP contribution in [0.1, 0.15) is 44.2 Å². The van der Waals surface area contributed by atoms with Crippen LogP contribution in [0.5, 0.6) is 11.5 Å². The number of carbonyl (C=O) groups is 2. The second-order valence-corrected chi connectivity index (χ2v) is 11.3. The lowest BCUT2D eigenvalue weighted by Crippen LogP contribution is -2.22. The largest absolute Gasteiger partial charge is 0.511 e. The van der Waals surface area contributed by atoms with Crippen molar-refractivity contribution in [1.82, 2.24) is 0 Å². The Hall–Kier alpha value is -2.02. The van der Waals surface area contributed by atoms with Gasteiger partial charge in [-0.05, 0) is 106 Å². The van der Waals surface area contributed by atoms with Gasteiger partial charge in [-0.3, -0.25) is 0 Å². The molecule has 2 aromatic carbocycles. The smallest absolute Gasteiger partial charge is 0.453 e. The van der Waals surface area contributed by atoms with E-state index in [-0.39, 0.29) is 19.1 Å². The molecule has 8 nitrogen and oxygen atoms in total. The summed E-state index contributed by atoms with van der Waals surface area (Å²) in [6.07, 6.45) is 0.195. The predicted molar refractivity (Wildman–Crippen MR) is 161 cm³/mol. The van der Waals surface area contributed by atoms with Crippen molar-refractivity contribution < 1.29 is 38.0 Å². The number of rotatable bonds is 13. The maximum absolute atomic E-state index is 11.7. The number of halogens is 4. The van der Waals surface area contributed by atoms with Gasteiger partial charge in [-0.25, -0.2) is 9.59 Å². The predicted octanol–water partition coefficient (Wildman–Crippen LogP) is 9.41.